The van der Waals surface area contributed by atoms with Crippen molar-refractivity contribution < 1.29 is 9.53 Å². The van der Waals surface area contributed by atoms with Crippen LogP contribution in [0, 0.1) is 0 Å². The van der Waals surface area contributed by atoms with E-state index < -0.39 is 0 Å². The minimum absolute atomic E-state index is 0.448. The molecule has 0 aliphatic carbocycles. The topological polar surface area (TPSA) is 26.3 Å². The fraction of sp³-hybridized carbons (Fsp3) is 0.0556. The quantitative estimate of drug-likeness (QED) is 0.631. The van der Waals surface area contributed by atoms with Gasteiger partial charge >= 0.3 is 0 Å². The zero-order chi connectivity index (χ0) is 14.5. The van der Waals surface area contributed by atoms with E-state index in [1.165, 1.54) is 0 Å². The Morgan fingerprint density at radius 2 is 1.81 bits per heavy atom. The lowest BCUT2D eigenvalue weighted by atomic mass is 10.1. The van der Waals surface area contributed by atoms with E-state index in [1.807, 2.05) is 60.0 Å². The molecule has 2 aromatic carbocycles. The van der Waals surface area contributed by atoms with Gasteiger partial charge < -0.3 is 4.74 Å². The molecule has 0 spiro atoms. The highest BCUT2D eigenvalue weighted by molar-refractivity contribution is 7.13. The Morgan fingerprint density at radius 1 is 0.952 bits per heavy atom. The van der Waals surface area contributed by atoms with Crippen molar-refractivity contribution in [3.05, 3.63) is 77.2 Å². The summed E-state index contributed by atoms with van der Waals surface area (Å²) in [6.45, 7) is 0.448. The van der Waals surface area contributed by atoms with Gasteiger partial charge in [-0.1, -0.05) is 42.5 Å². The highest BCUT2D eigenvalue weighted by atomic mass is 32.1. The lowest BCUT2D eigenvalue weighted by Gasteiger charge is -2.13. The largest absolute Gasteiger partial charge is 0.487 e. The summed E-state index contributed by atoms with van der Waals surface area (Å²) in [6, 6.07) is 19.6. The number of carbonyl (C=O) groups is 1. The number of thiophene rings is 1. The lowest BCUT2D eigenvalue weighted by Crippen LogP contribution is -1.99. The summed E-state index contributed by atoms with van der Waals surface area (Å²) in [5.74, 6) is 0.652. The van der Waals surface area contributed by atoms with Crippen LogP contribution >= 0.6 is 11.3 Å². The van der Waals surface area contributed by atoms with Gasteiger partial charge in [-0.2, -0.15) is 0 Å². The maximum Gasteiger partial charge on any atom is 0.153 e. The molecule has 0 bridgehead atoms. The Bertz CT molecular complexity index is 718. The summed E-state index contributed by atoms with van der Waals surface area (Å²) >= 11 is 1.64. The van der Waals surface area contributed by atoms with Crippen molar-refractivity contribution in [3.8, 4) is 16.2 Å². The third kappa shape index (κ3) is 3.03. The van der Waals surface area contributed by atoms with E-state index in [0.717, 1.165) is 22.3 Å². The summed E-state index contributed by atoms with van der Waals surface area (Å²) < 4.78 is 5.94. The van der Waals surface area contributed by atoms with E-state index in [-0.39, 0.29) is 0 Å². The minimum atomic E-state index is 0.448. The Hall–Kier alpha value is -2.39. The molecule has 0 fully saturated rings. The second-order valence-electron chi connectivity index (χ2n) is 4.59. The fourth-order valence-corrected chi connectivity index (χ4v) is 2.91. The lowest BCUT2D eigenvalue weighted by molar-refractivity contribution is 0.111. The molecule has 0 saturated carbocycles. The zero-order valence-electron chi connectivity index (χ0n) is 11.4. The molecular formula is C18H14O2S. The molecule has 0 radical (unpaired) electrons. The zero-order valence-corrected chi connectivity index (χ0v) is 12.2. The monoisotopic (exact) mass is 294 g/mol. The molecule has 1 aromatic heterocycles. The van der Waals surface area contributed by atoms with Crippen molar-refractivity contribution in [2.75, 3.05) is 0 Å². The Labute approximate surface area is 127 Å². The SMILES string of the molecule is O=Cc1cccc(-c2cccs2)c1OCc1ccccc1. The molecule has 104 valence electrons. The van der Waals surface area contributed by atoms with Gasteiger partial charge in [0.2, 0.25) is 0 Å². The van der Waals surface area contributed by atoms with E-state index >= 15 is 0 Å². The third-order valence-corrected chi connectivity index (χ3v) is 4.09. The first-order chi connectivity index (χ1) is 10.4. The molecule has 0 aliphatic heterocycles. The summed E-state index contributed by atoms with van der Waals surface area (Å²) in [6.07, 6.45) is 0.845. The van der Waals surface area contributed by atoms with Crippen LogP contribution in [-0.4, -0.2) is 6.29 Å². The van der Waals surface area contributed by atoms with Crippen molar-refractivity contribution in [1.29, 1.82) is 0 Å². The van der Waals surface area contributed by atoms with Gasteiger partial charge in [-0.25, -0.2) is 0 Å². The average Bonchev–Trinajstić information content (AvgIpc) is 3.08. The van der Waals surface area contributed by atoms with E-state index in [0.29, 0.717) is 17.9 Å². The summed E-state index contributed by atoms with van der Waals surface area (Å²) in [5.41, 5.74) is 2.62. The molecule has 0 saturated heterocycles. The van der Waals surface area contributed by atoms with Gasteiger partial charge in [0.1, 0.15) is 12.4 Å². The van der Waals surface area contributed by atoms with Crippen LogP contribution in [0.25, 0.3) is 10.4 Å². The molecule has 2 nitrogen and oxygen atoms in total. The van der Waals surface area contributed by atoms with Gasteiger partial charge in [0.15, 0.2) is 6.29 Å². The van der Waals surface area contributed by atoms with E-state index in [1.54, 1.807) is 17.4 Å². The molecule has 0 unspecified atom stereocenters. The van der Waals surface area contributed by atoms with Gasteiger partial charge in [-0.3, -0.25) is 4.79 Å². The highest BCUT2D eigenvalue weighted by Gasteiger charge is 2.12. The second kappa shape index (κ2) is 6.37. The van der Waals surface area contributed by atoms with Crippen LogP contribution in [0.1, 0.15) is 15.9 Å². The first-order valence-corrected chi connectivity index (χ1v) is 7.55. The van der Waals surface area contributed by atoms with Gasteiger partial charge in [-0.05, 0) is 29.1 Å². The third-order valence-electron chi connectivity index (χ3n) is 3.19. The van der Waals surface area contributed by atoms with Crippen LogP contribution in [0.4, 0.5) is 0 Å². The van der Waals surface area contributed by atoms with E-state index in [2.05, 4.69) is 0 Å². The average molecular weight is 294 g/mol. The molecule has 21 heavy (non-hydrogen) atoms. The minimum Gasteiger partial charge on any atom is -0.487 e. The number of para-hydroxylation sites is 1. The maximum atomic E-state index is 11.3. The number of rotatable bonds is 5. The molecule has 0 atom stereocenters. The van der Waals surface area contributed by atoms with E-state index in [9.17, 15) is 4.79 Å². The van der Waals surface area contributed by atoms with Crippen molar-refractivity contribution in [1.82, 2.24) is 0 Å². The van der Waals surface area contributed by atoms with Gasteiger partial charge in [0.05, 0.1) is 5.56 Å². The highest BCUT2D eigenvalue weighted by Crippen LogP contribution is 2.35. The Morgan fingerprint density at radius 3 is 2.52 bits per heavy atom. The summed E-state index contributed by atoms with van der Waals surface area (Å²) in [4.78, 5) is 12.4. The van der Waals surface area contributed by atoms with Crippen molar-refractivity contribution >= 4 is 17.6 Å². The molecule has 3 rings (SSSR count). The number of hydrogen-bond acceptors (Lipinski definition) is 3. The number of aldehydes is 1. The van der Waals surface area contributed by atoms with Crippen LogP contribution in [0.3, 0.4) is 0 Å². The molecule has 3 aromatic rings. The van der Waals surface area contributed by atoms with Crippen LogP contribution in [-0.2, 0) is 6.61 Å². The first-order valence-electron chi connectivity index (χ1n) is 6.67. The fourth-order valence-electron chi connectivity index (χ4n) is 2.16. The van der Waals surface area contributed by atoms with Crippen molar-refractivity contribution in [2.24, 2.45) is 0 Å². The van der Waals surface area contributed by atoms with Crippen molar-refractivity contribution in [3.63, 3.8) is 0 Å². The van der Waals surface area contributed by atoms with Crippen LogP contribution in [0.2, 0.25) is 0 Å². The van der Waals surface area contributed by atoms with Crippen LogP contribution < -0.4 is 4.74 Å². The standard InChI is InChI=1S/C18H14O2S/c19-12-15-8-4-9-16(17-10-5-11-21-17)18(15)20-13-14-6-2-1-3-7-14/h1-12H,13H2. The molecule has 0 amide bonds. The normalized spacial score (nSPS) is 10.3. The molecule has 3 heteroatoms. The van der Waals surface area contributed by atoms with Crippen LogP contribution in [0.5, 0.6) is 5.75 Å². The molecular weight excluding hydrogens is 280 g/mol. The Balaban J connectivity index is 1.94. The predicted octanol–water partition coefficient (Wildman–Crippen LogP) is 4.81. The van der Waals surface area contributed by atoms with E-state index in [4.69, 9.17) is 4.74 Å². The van der Waals surface area contributed by atoms with Gasteiger partial charge in [0, 0.05) is 10.4 Å². The second-order valence-corrected chi connectivity index (χ2v) is 5.54. The summed E-state index contributed by atoms with van der Waals surface area (Å²) in [5, 5.41) is 2.02. The molecule has 0 N–H and O–H groups in total. The smallest absolute Gasteiger partial charge is 0.153 e. The first kappa shape index (κ1) is 13.6. The number of hydrogen-bond donors (Lipinski definition) is 0. The number of benzene rings is 2. The maximum absolute atomic E-state index is 11.3. The number of ether oxygens (including phenoxy) is 1. The summed E-state index contributed by atoms with van der Waals surface area (Å²) in [7, 11) is 0. The predicted molar refractivity (Wildman–Crippen MR) is 85.9 cm³/mol. The molecule has 1 heterocycles. The molecule has 0 aliphatic rings. The van der Waals surface area contributed by atoms with Gasteiger partial charge in [-0.15, -0.1) is 11.3 Å². The Kier molecular flexibility index (Phi) is 4.12. The van der Waals surface area contributed by atoms with Gasteiger partial charge in [0.25, 0.3) is 0 Å². The van der Waals surface area contributed by atoms with Crippen molar-refractivity contribution in [2.45, 2.75) is 6.61 Å². The number of carbonyl (C=O) groups excluding carboxylic acids is 1. The van der Waals surface area contributed by atoms with Crippen LogP contribution in [0.15, 0.2) is 66.0 Å².